The fraction of sp³-hybridized carbons (Fsp3) is 0.650. The Balaban J connectivity index is 0.878. The summed E-state index contributed by atoms with van der Waals surface area (Å²) in [5, 5.41) is 8.67. The minimum absolute atomic E-state index is 0.0410. The Hall–Kier alpha value is -4.32. The predicted molar refractivity (Wildman–Crippen MR) is 218 cm³/mol. The molecule has 4 aromatic rings. The van der Waals surface area contributed by atoms with Crippen molar-refractivity contribution < 1.29 is 35.4 Å². The SMILES string of the molecule is Cc1nc(OCCCC2CCN(c3nc(C(C)CC(C)c4noc(N5CCC([C@H](C)CCOc6ccc(S(C)(=O)=O)c(C)n6)CC5)n4)no3)CC2)ccc1S(C)(=O)=O. The average Bonchev–Trinajstić information content (AvgIpc) is 3.88. The van der Waals surface area contributed by atoms with Crippen LogP contribution in [0.15, 0.2) is 43.1 Å². The third kappa shape index (κ3) is 11.2. The molecule has 0 spiro atoms. The molecular formula is C40H58N8O8S2. The van der Waals surface area contributed by atoms with Crippen molar-refractivity contribution in [3.05, 3.63) is 47.3 Å². The van der Waals surface area contributed by atoms with Gasteiger partial charge in [0.15, 0.2) is 31.3 Å². The molecule has 2 fully saturated rings. The van der Waals surface area contributed by atoms with Crippen molar-refractivity contribution in [3.8, 4) is 11.8 Å². The largest absolute Gasteiger partial charge is 0.478 e. The lowest BCUT2D eigenvalue weighted by Crippen LogP contribution is -2.36. The Bertz CT molecular complexity index is 2200. The molecule has 0 amide bonds. The lowest BCUT2D eigenvalue weighted by Gasteiger charge is -2.33. The molecule has 18 heteroatoms. The summed E-state index contributed by atoms with van der Waals surface area (Å²) in [6.07, 6.45) is 10.0. The van der Waals surface area contributed by atoms with E-state index in [2.05, 4.69) is 50.9 Å². The van der Waals surface area contributed by atoms with Gasteiger partial charge in [-0.15, -0.1) is 0 Å². The molecule has 318 valence electrons. The van der Waals surface area contributed by atoms with Crippen molar-refractivity contribution >= 4 is 31.7 Å². The van der Waals surface area contributed by atoms with E-state index in [0.29, 0.717) is 77.8 Å². The Morgan fingerprint density at radius 3 is 1.62 bits per heavy atom. The molecule has 0 saturated carbocycles. The van der Waals surface area contributed by atoms with Gasteiger partial charge >= 0.3 is 12.0 Å². The van der Waals surface area contributed by atoms with Gasteiger partial charge in [-0.2, -0.15) is 9.97 Å². The van der Waals surface area contributed by atoms with Crippen LogP contribution in [-0.4, -0.2) is 99.0 Å². The number of aryl methyl sites for hydroxylation is 2. The van der Waals surface area contributed by atoms with Crippen molar-refractivity contribution in [1.29, 1.82) is 0 Å². The standard InChI is InChI=1S/C40H58N8O8S2/c1-26(18-24-54-36-13-11-34(30(5)42-36)58(7,51)52)32-16-21-48(22-17-32)40-44-38(46-56-40)28(3)25-27(2)37-43-39(55-45-37)47-19-14-31(15-20-47)9-8-23-53-35-12-10-33(29(4)41-35)57(6,49)50/h10-13,26-28,31-32H,8-9,14-25H2,1-7H3/t26-,27?,28?/m1/s1. The summed E-state index contributed by atoms with van der Waals surface area (Å²) in [7, 11) is -6.62. The van der Waals surface area contributed by atoms with Gasteiger partial charge in [0.05, 0.1) is 34.4 Å². The van der Waals surface area contributed by atoms with E-state index in [1.165, 1.54) is 12.5 Å². The highest BCUT2D eigenvalue weighted by Crippen LogP contribution is 2.33. The summed E-state index contributed by atoms with van der Waals surface area (Å²) < 4.78 is 70.6. The molecule has 3 atom stereocenters. The van der Waals surface area contributed by atoms with Crippen LogP contribution in [0, 0.1) is 31.6 Å². The highest BCUT2D eigenvalue weighted by molar-refractivity contribution is 7.91. The van der Waals surface area contributed by atoms with Crippen LogP contribution in [-0.2, 0) is 19.7 Å². The van der Waals surface area contributed by atoms with E-state index in [1.54, 1.807) is 38.1 Å². The van der Waals surface area contributed by atoms with E-state index < -0.39 is 19.7 Å². The topological polar surface area (TPSA) is 197 Å². The average molecular weight is 843 g/mol. The van der Waals surface area contributed by atoms with Crippen molar-refractivity contribution in [2.24, 2.45) is 17.8 Å². The number of sulfone groups is 2. The molecule has 6 rings (SSSR count). The normalized spacial score (nSPS) is 17.6. The second-order valence-electron chi connectivity index (χ2n) is 16.3. The second kappa shape index (κ2) is 18.7. The van der Waals surface area contributed by atoms with Gasteiger partial charge in [-0.25, -0.2) is 26.8 Å². The minimum atomic E-state index is -3.31. The summed E-state index contributed by atoms with van der Waals surface area (Å²) in [5.41, 5.74) is 0.897. The monoisotopic (exact) mass is 842 g/mol. The fourth-order valence-corrected chi connectivity index (χ4v) is 9.85. The highest BCUT2D eigenvalue weighted by atomic mass is 32.2. The third-order valence-electron chi connectivity index (χ3n) is 11.6. The zero-order valence-corrected chi connectivity index (χ0v) is 36.4. The van der Waals surface area contributed by atoms with Gasteiger partial charge in [0.1, 0.15) is 0 Å². The van der Waals surface area contributed by atoms with Crippen LogP contribution in [0.1, 0.15) is 107 Å². The van der Waals surface area contributed by atoms with Crippen LogP contribution in [0.2, 0.25) is 0 Å². The van der Waals surface area contributed by atoms with E-state index in [4.69, 9.17) is 28.5 Å². The molecule has 0 bridgehead atoms. The zero-order chi connectivity index (χ0) is 41.6. The first-order valence-electron chi connectivity index (χ1n) is 20.3. The van der Waals surface area contributed by atoms with Gasteiger partial charge in [0.2, 0.25) is 11.8 Å². The highest BCUT2D eigenvalue weighted by Gasteiger charge is 2.29. The molecule has 0 aromatic carbocycles. The van der Waals surface area contributed by atoms with E-state index in [-0.39, 0.29) is 21.6 Å². The number of ether oxygens (including phenoxy) is 2. The smallest absolute Gasteiger partial charge is 0.324 e. The molecule has 2 saturated heterocycles. The third-order valence-corrected chi connectivity index (χ3v) is 14.1. The first-order chi connectivity index (χ1) is 27.5. The van der Waals surface area contributed by atoms with Crippen LogP contribution < -0.4 is 19.3 Å². The van der Waals surface area contributed by atoms with Gasteiger partial charge in [-0.3, -0.25) is 0 Å². The number of pyridine rings is 2. The summed E-state index contributed by atoms with van der Waals surface area (Å²) in [5.74, 6) is 3.92. The molecule has 2 unspecified atom stereocenters. The van der Waals surface area contributed by atoms with Crippen LogP contribution in [0.4, 0.5) is 12.0 Å². The van der Waals surface area contributed by atoms with Crippen LogP contribution in [0.25, 0.3) is 0 Å². The molecule has 2 aliphatic heterocycles. The van der Waals surface area contributed by atoms with Crippen molar-refractivity contribution in [2.75, 3.05) is 61.7 Å². The number of rotatable bonds is 18. The summed E-state index contributed by atoms with van der Waals surface area (Å²) in [6, 6.07) is 7.48. The molecule has 4 aromatic heterocycles. The van der Waals surface area contributed by atoms with E-state index in [0.717, 1.165) is 77.5 Å². The number of hydrogen-bond donors (Lipinski definition) is 0. The van der Waals surface area contributed by atoms with Crippen molar-refractivity contribution in [2.45, 2.75) is 108 Å². The van der Waals surface area contributed by atoms with Crippen molar-refractivity contribution in [3.63, 3.8) is 0 Å². The lowest BCUT2D eigenvalue weighted by molar-refractivity contribution is 0.216. The maximum Gasteiger partial charge on any atom is 0.324 e. The maximum absolute atomic E-state index is 11.9. The van der Waals surface area contributed by atoms with Crippen LogP contribution in [0.5, 0.6) is 11.8 Å². The van der Waals surface area contributed by atoms with Gasteiger partial charge in [0.25, 0.3) is 0 Å². The molecule has 6 heterocycles. The number of anilines is 2. The Morgan fingerprint density at radius 1 is 0.690 bits per heavy atom. The number of piperidine rings is 2. The molecule has 2 aliphatic rings. The first kappa shape index (κ1) is 43.3. The van der Waals surface area contributed by atoms with Crippen LogP contribution >= 0.6 is 0 Å². The number of aromatic nitrogens is 6. The van der Waals surface area contributed by atoms with E-state index in [1.807, 2.05) is 0 Å². The molecular weight excluding hydrogens is 785 g/mol. The summed E-state index contributed by atoms with van der Waals surface area (Å²) >= 11 is 0. The predicted octanol–water partition coefficient (Wildman–Crippen LogP) is 6.36. The molecule has 58 heavy (non-hydrogen) atoms. The van der Waals surface area contributed by atoms with Gasteiger partial charge in [-0.1, -0.05) is 31.1 Å². The Labute approximate surface area is 342 Å². The minimum Gasteiger partial charge on any atom is -0.478 e. The Kier molecular flexibility index (Phi) is 14.0. The number of nitrogens with zero attached hydrogens (tertiary/aromatic N) is 8. The zero-order valence-electron chi connectivity index (χ0n) is 34.8. The fourth-order valence-electron chi connectivity index (χ4n) is 8.05. The quantitative estimate of drug-likeness (QED) is 0.100. The number of hydrogen-bond acceptors (Lipinski definition) is 16. The van der Waals surface area contributed by atoms with Gasteiger partial charge in [0, 0.05) is 62.7 Å². The van der Waals surface area contributed by atoms with Crippen LogP contribution in [0.3, 0.4) is 0 Å². The van der Waals surface area contributed by atoms with Gasteiger partial charge in [-0.05, 0) is 95.1 Å². The van der Waals surface area contributed by atoms with E-state index >= 15 is 0 Å². The molecule has 0 N–H and O–H groups in total. The summed E-state index contributed by atoms with van der Waals surface area (Å²) in [6.45, 7) is 14.3. The lowest BCUT2D eigenvalue weighted by atomic mass is 9.84. The second-order valence-corrected chi connectivity index (χ2v) is 20.2. The van der Waals surface area contributed by atoms with Gasteiger partial charge < -0.3 is 28.3 Å². The molecule has 0 radical (unpaired) electrons. The van der Waals surface area contributed by atoms with Crippen molar-refractivity contribution in [1.82, 2.24) is 30.2 Å². The first-order valence-corrected chi connectivity index (χ1v) is 24.1. The molecule has 16 nitrogen and oxygen atoms in total. The molecule has 0 aliphatic carbocycles. The Morgan fingerprint density at radius 2 is 1.16 bits per heavy atom. The summed E-state index contributed by atoms with van der Waals surface area (Å²) in [4.78, 5) is 23.0. The maximum atomic E-state index is 11.9. The van der Waals surface area contributed by atoms with E-state index in [9.17, 15) is 16.8 Å².